The van der Waals surface area contributed by atoms with E-state index in [1.807, 2.05) is 48.5 Å². The van der Waals surface area contributed by atoms with Crippen LogP contribution in [0.2, 0.25) is 0 Å². The van der Waals surface area contributed by atoms with Crippen LogP contribution in [0.15, 0.2) is 103 Å². The maximum Gasteiger partial charge on any atom is 0.298 e. The molecule has 0 bridgehead atoms. The molecule has 2 nitrogen and oxygen atoms in total. The van der Waals surface area contributed by atoms with Gasteiger partial charge in [0.05, 0.1) is 5.25 Å². The lowest BCUT2D eigenvalue weighted by atomic mass is 10.0. The van der Waals surface area contributed by atoms with Crippen molar-refractivity contribution >= 4 is 39.7 Å². The first kappa shape index (κ1) is 18.9. The fraction of sp³-hybridized carbons (Fsp3) is 0.0833. The SMILES string of the molecule is S=P1(Oc2ccc3ccccc3c2)O[C@H](c2ccccc2)[C@H](c2ccccc2)S1. The largest absolute Gasteiger partial charge is 0.436 e. The fourth-order valence-electron chi connectivity index (χ4n) is 3.57. The summed E-state index contributed by atoms with van der Waals surface area (Å²) in [5.74, 6) is 0.764. The first-order valence-corrected chi connectivity index (χ1v) is 13.6. The predicted octanol–water partition coefficient (Wildman–Crippen LogP) is 7.69. The molecular formula is C24H19O2PS2. The summed E-state index contributed by atoms with van der Waals surface area (Å²) in [5, 5.41) is 2.42. The first-order valence-electron chi connectivity index (χ1n) is 9.45. The molecular weight excluding hydrogens is 415 g/mol. The Balaban J connectivity index is 1.48. The average Bonchev–Trinajstić information content (AvgIpc) is 3.12. The standard InChI is InChI=1S/C24H19O2PS2/c28-27(25-22-16-15-18-9-7-8-14-21(18)17-22)26-23(19-10-3-1-4-11-19)24(29-27)20-12-5-2-6-13-20/h1-17,23-24H/t23-,24+,27?/m1/s1. The molecule has 0 aliphatic carbocycles. The Labute approximate surface area is 179 Å². The maximum atomic E-state index is 6.48. The van der Waals surface area contributed by atoms with Gasteiger partial charge in [-0.05, 0) is 57.2 Å². The number of benzene rings is 4. The Morgan fingerprint density at radius 2 is 1.34 bits per heavy atom. The van der Waals surface area contributed by atoms with Crippen molar-refractivity contribution in [2.45, 2.75) is 11.4 Å². The van der Waals surface area contributed by atoms with E-state index in [9.17, 15) is 0 Å². The van der Waals surface area contributed by atoms with Crippen LogP contribution in [0.5, 0.6) is 5.75 Å². The molecule has 0 radical (unpaired) electrons. The molecule has 144 valence electrons. The quantitative estimate of drug-likeness (QED) is 0.306. The normalized spacial score (nSPS) is 23.9. The average molecular weight is 435 g/mol. The molecule has 4 aromatic carbocycles. The maximum absolute atomic E-state index is 6.48. The van der Waals surface area contributed by atoms with Crippen LogP contribution in [0.4, 0.5) is 0 Å². The van der Waals surface area contributed by atoms with E-state index < -0.39 is 5.69 Å². The predicted molar refractivity (Wildman–Crippen MR) is 126 cm³/mol. The first-order chi connectivity index (χ1) is 14.2. The molecule has 0 aromatic heterocycles. The highest BCUT2D eigenvalue weighted by Crippen LogP contribution is 2.76. The Bertz CT molecular complexity index is 1130. The van der Waals surface area contributed by atoms with Gasteiger partial charge in [0, 0.05) is 0 Å². The second kappa shape index (κ2) is 7.97. The van der Waals surface area contributed by atoms with Crippen LogP contribution in [-0.2, 0) is 16.3 Å². The molecule has 1 aliphatic heterocycles. The zero-order valence-corrected chi connectivity index (χ0v) is 18.1. The second-order valence-electron chi connectivity index (χ2n) is 6.92. The Hall–Kier alpha value is -2.10. The van der Waals surface area contributed by atoms with Crippen LogP contribution in [0.3, 0.4) is 0 Å². The van der Waals surface area contributed by atoms with Crippen molar-refractivity contribution in [1.29, 1.82) is 0 Å². The van der Waals surface area contributed by atoms with Gasteiger partial charge < -0.3 is 9.05 Å². The summed E-state index contributed by atoms with van der Waals surface area (Å²) < 4.78 is 12.8. The van der Waals surface area contributed by atoms with E-state index in [0.29, 0.717) is 0 Å². The van der Waals surface area contributed by atoms with Crippen molar-refractivity contribution in [3.05, 3.63) is 114 Å². The summed E-state index contributed by atoms with van der Waals surface area (Å²) in [6.07, 6.45) is -0.130. The monoisotopic (exact) mass is 434 g/mol. The van der Waals surface area contributed by atoms with Crippen LogP contribution < -0.4 is 4.52 Å². The smallest absolute Gasteiger partial charge is 0.298 e. The van der Waals surface area contributed by atoms with Crippen molar-refractivity contribution in [3.8, 4) is 5.75 Å². The summed E-state index contributed by atoms with van der Waals surface area (Å²) in [6, 6.07) is 35.0. The molecule has 3 atom stereocenters. The molecule has 4 aromatic rings. The lowest BCUT2D eigenvalue weighted by Gasteiger charge is -2.18. The van der Waals surface area contributed by atoms with Gasteiger partial charge in [-0.2, -0.15) is 0 Å². The van der Waals surface area contributed by atoms with Gasteiger partial charge in [-0.15, -0.1) is 0 Å². The Morgan fingerprint density at radius 3 is 2.07 bits per heavy atom. The minimum atomic E-state index is -2.56. The van der Waals surface area contributed by atoms with Crippen LogP contribution in [0.1, 0.15) is 22.5 Å². The third kappa shape index (κ3) is 3.99. The number of hydrogen-bond acceptors (Lipinski definition) is 4. The third-order valence-corrected chi connectivity index (χ3v) is 10.1. The highest BCUT2D eigenvalue weighted by Gasteiger charge is 2.44. The minimum Gasteiger partial charge on any atom is -0.436 e. The summed E-state index contributed by atoms with van der Waals surface area (Å²) >= 11 is 7.61. The number of hydrogen-bond donors (Lipinski definition) is 0. The molecule has 0 saturated carbocycles. The minimum absolute atomic E-state index is 0.102. The molecule has 0 amide bonds. The van der Waals surface area contributed by atoms with Crippen molar-refractivity contribution < 1.29 is 9.05 Å². The van der Waals surface area contributed by atoms with Crippen molar-refractivity contribution in [3.63, 3.8) is 0 Å². The number of rotatable bonds is 4. The second-order valence-corrected chi connectivity index (χ2v) is 13.1. The van der Waals surface area contributed by atoms with Gasteiger partial charge >= 0.3 is 0 Å². The molecule has 1 fully saturated rings. The summed E-state index contributed by atoms with van der Waals surface area (Å²) in [7, 11) is 0. The van der Waals surface area contributed by atoms with Gasteiger partial charge in [0.1, 0.15) is 11.9 Å². The lowest BCUT2D eigenvalue weighted by Crippen LogP contribution is -2.04. The molecule has 1 unspecified atom stereocenters. The third-order valence-electron chi connectivity index (χ3n) is 4.95. The Morgan fingerprint density at radius 1 is 0.724 bits per heavy atom. The van der Waals surface area contributed by atoms with E-state index in [-0.39, 0.29) is 11.4 Å². The molecule has 1 saturated heterocycles. The van der Waals surface area contributed by atoms with Gasteiger partial charge in [0.25, 0.3) is 5.69 Å². The number of fused-ring (bicyclic) bond motifs is 1. The topological polar surface area (TPSA) is 18.5 Å². The molecule has 5 heteroatoms. The molecule has 0 spiro atoms. The highest BCUT2D eigenvalue weighted by molar-refractivity contribution is 8.68. The zero-order valence-electron chi connectivity index (χ0n) is 15.5. The van der Waals surface area contributed by atoms with Gasteiger partial charge in [-0.3, -0.25) is 0 Å². The van der Waals surface area contributed by atoms with E-state index in [1.165, 1.54) is 10.9 Å². The molecule has 1 heterocycles. The van der Waals surface area contributed by atoms with Gasteiger partial charge in [-0.25, -0.2) is 0 Å². The van der Waals surface area contributed by atoms with Crippen LogP contribution in [0.25, 0.3) is 10.8 Å². The molecule has 29 heavy (non-hydrogen) atoms. The van der Waals surface area contributed by atoms with Gasteiger partial charge in [0.15, 0.2) is 0 Å². The van der Waals surface area contributed by atoms with Crippen LogP contribution in [-0.4, -0.2) is 0 Å². The van der Waals surface area contributed by atoms with Gasteiger partial charge in [0.2, 0.25) is 0 Å². The van der Waals surface area contributed by atoms with Gasteiger partial charge in [-0.1, -0.05) is 91.0 Å². The van der Waals surface area contributed by atoms with E-state index in [4.69, 9.17) is 20.9 Å². The van der Waals surface area contributed by atoms with E-state index >= 15 is 0 Å². The van der Waals surface area contributed by atoms with E-state index in [2.05, 4.69) is 54.6 Å². The molecule has 0 N–H and O–H groups in total. The van der Waals surface area contributed by atoms with Crippen molar-refractivity contribution in [2.24, 2.45) is 0 Å². The van der Waals surface area contributed by atoms with E-state index in [1.54, 1.807) is 11.4 Å². The lowest BCUT2D eigenvalue weighted by molar-refractivity contribution is 0.223. The summed E-state index contributed by atoms with van der Waals surface area (Å²) in [5.41, 5.74) is -0.227. The molecule has 5 rings (SSSR count). The summed E-state index contributed by atoms with van der Waals surface area (Å²) in [6.45, 7) is 0. The fourth-order valence-corrected chi connectivity index (χ4v) is 9.28. The van der Waals surface area contributed by atoms with E-state index in [0.717, 1.165) is 16.7 Å². The van der Waals surface area contributed by atoms with Crippen LogP contribution >= 0.6 is 17.1 Å². The zero-order chi connectivity index (χ0) is 19.7. The Kier molecular flexibility index (Phi) is 5.19. The van der Waals surface area contributed by atoms with Crippen LogP contribution in [0, 0.1) is 0 Å². The van der Waals surface area contributed by atoms with Crippen molar-refractivity contribution in [1.82, 2.24) is 0 Å². The highest BCUT2D eigenvalue weighted by atomic mass is 32.9. The van der Waals surface area contributed by atoms with Crippen molar-refractivity contribution in [2.75, 3.05) is 0 Å². The summed E-state index contributed by atoms with van der Waals surface area (Å²) in [4.78, 5) is 0. The molecule has 1 aliphatic rings.